The number of nitrogens with zero attached hydrogens (tertiary/aromatic N) is 2. The average molecular weight is 299 g/mol. The van der Waals surface area contributed by atoms with Gasteiger partial charge < -0.3 is 5.73 Å². The minimum Gasteiger partial charge on any atom is -0.322 e. The average Bonchev–Trinajstić information content (AvgIpc) is 2.41. The van der Waals surface area contributed by atoms with Gasteiger partial charge in [0, 0.05) is 24.0 Å². The van der Waals surface area contributed by atoms with E-state index >= 15 is 0 Å². The van der Waals surface area contributed by atoms with Crippen molar-refractivity contribution in [2.75, 3.05) is 0 Å². The molecule has 1 aromatic heterocycles. The Morgan fingerprint density at radius 1 is 1.18 bits per heavy atom. The highest BCUT2D eigenvalue weighted by Gasteiger charge is 2.15. The van der Waals surface area contributed by atoms with Crippen molar-refractivity contribution >= 4 is 0 Å². The van der Waals surface area contributed by atoms with Gasteiger partial charge in [-0.15, -0.1) is 0 Å². The van der Waals surface area contributed by atoms with Crippen molar-refractivity contribution in [2.45, 2.75) is 52.6 Å². The summed E-state index contributed by atoms with van der Waals surface area (Å²) in [5.74, 6) is 0. The van der Waals surface area contributed by atoms with Crippen molar-refractivity contribution in [3.63, 3.8) is 0 Å². The summed E-state index contributed by atoms with van der Waals surface area (Å²) in [6.07, 6.45) is 0. The summed E-state index contributed by atoms with van der Waals surface area (Å²) in [7, 11) is 0. The lowest BCUT2D eigenvalue weighted by Crippen LogP contribution is -2.30. The highest BCUT2D eigenvalue weighted by molar-refractivity contribution is 5.29. The third kappa shape index (κ3) is 3.63. The molecule has 118 valence electrons. The maximum absolute atomic E-state index is 12.0. The van der Waals surface area contributed by atoms with Crippen molar-refractivity contribution in [1.29, 1.82) is 0 Å². The molecule has 4 heteroatoms. The number of aryl methyl sites for hydroxylation is 2. The first-order valence-corrected chi connectivity index (χ1v) is 7.59. The van der Waals surface area contributed by atoms with Crippen LogP contribution in [0, 0.1) is 13.8 Å². The predicted octanol–water partition coefficient (Wildman–Crippen LogP) is 2.86. The van der Waals surface area contributed by atoms with E-state index in [-0.39, 0.29) is 17.1 Å². The van der Waals surface area contributed by atoms with Crippen LogP contribution in [0.5, 0.6) is 0 Å². The van der Waals surface area contributed by atoms with Gasteiger partial charge in [0.15, 0.2) is 0 Å². The van der Waals surface area contributed by atoms with Crippen molar-refractivity contribution in [2.24, 2.45) is 5.73 Å². The molecule has 0 bridgehead atoms. The molecule has 1 unspecified atom stereocenters. The largest absolute Gasteiger partial charge is 0.348 e. The number of rotatable bonds is 3. The molecule has 0 radical (unpaired) electrons. The number of hydrogen-bond acceptors (Lipinski definition) is 3. The molecule has 0 spiro atoms. The first-order chi connectivity index (χ1) is 10.2. The Morgan fingerprint density at radius 3 is 2.27 bits per heavy atom. The summed E-state index contributed by atoms with van der Waals surface area (Å²) in [5, 5.41) is 0. The SMILES string of the molecule is Cc1cc(C)n(CC(N)c2ccc(C(C)(C)C)cc2)c(=O)n1. The van der Waals surface area contributed by atoms with Gasteiger partial charge in [0.25, 0.3) is 0 Å². The van der Waals surface area contributed by atoms with Crippen LogP contribution in [0.4, 0.5) is 0 Å². The van der Waals surface area contributed by atoms with E-state index in [4.69, 9.17) is 5.73 Å². The first kappa shape index (κ1) is 16.4. The molecular formula is C18H25N3O. The second kappa shape index (κ2) is 6.05. The molecule has 1 aromatic carbocycles. The monoisotopic (exact) mass is 299 g/mol. The van der Waals surface area contributed by atoms with Gasteiger partial charge in [0.1, 0.15) is 0 Å². The zero-order valence-electron chi connectivity index (χ0n) is 14.1. The molecule has 0 amide bonds. The number of hydrogen-bond donors (Lipinski definition) is 1. The first-order valence-electron chi connectivity index (χ1n) is 7.59. The van der Waals surface area contributed by atoms with Crippen LogP contribution in [-0.2, 0) is 12.0 Å². The zero-order chi connectivity index (χ0) is 16.5. The lowest BCUT2D eigenvalue weighted by atomic mass is 9.86. The molecule has 22 heavy (non-hydrogen) atoms. The summed E-state index contributed by atoms with van der Waals surface area (Å²) in [6, 6.07) is 9.99. The third-order valence-corrected chi connectivity index (χ3v) is 3.93. The van der Waals surface area contributed by atoms with Crippen LogP contribution in [0.15, 0.2) is 35.1 Å². The summed E-state index contributed by atoms with van der Waals surface area (Å²) in [4.78, 5) is 16.0. The summed E-state index contributed by atoms with van der Waals surface area (Å²) >= 11 is 0. The van der Waals surface area contributed by atoms with Crippen LogP contribution >= 0.6 is 0 Å². The Morgan fingerprint density at radius 2 is 1.77 bits per heavy atom. The standard InChI is InChI=1S/C18H25N3O/c1-12-10-13(2)21(17(22)20-12)11-16(19)14-6-8-15(9-7-14)18(3,4)5/h6-10,16H,11,19H2,1-5H3. The number of aromatic nitrogens is 2. The topological polar surface area (TPSA) is 60.9 Å². The lowest BCUT2D eigenvalue weighted by molar-refractivity contribution is 0.537. The van der Waals surface area contributed by atoms with E-state index in [0.717, 1.165) is 17.0 Å². The van der Waals surface area contributed by atoms with E-state index in [1.807, 2.05) is 32.0 Å². The molecule has 0 saturated heterocycles. The van der Waals surface area contributed by atoms with Crippen LogP contribution in [0.1, 0.15) is 49.3 Å². The highest BCUT2D eigenvalue weighted by Crippen LogP contribution is 2.23. The van der Waals surface area contributed by atoms with Gasteiger partial charge in [-0.25, -0.2) is 4.79 Å². The highest BCUT2D eigenvalue weighted by atomic mass is 16.1. The van der Waals surface area contributed by atoms with Gasteiger partial charge in [0.05, 0.1) is 0 Å². The van der Waals surface area contributed by atoms with Crippen LogP contribution < -0.4 is 11.4 Å². The van der Waals surface area contributed by atoms with Crippen LogP contribution in [0.25, 0.3) is 0 Å². The fourth-order valence-corrected chi connectivity index (χ4v) is 2.53. The molecule has 2 rings (SSSR count). The maximum Gasteiger partial charge on any atom is 0.348 e. The van der Waals surface area contributed by atoms with E-state index in [9.17, 15) is 4.79 Å². The predicted molar refractivity (Wildman–Crippen MR) is 90.0 cm³/mol. The van der Waals surface area contributed by atoms with E-state index in [1.54, 1.807) is 4.57 Å². The quantitative estimate of drug-likeness (QED) is 0.948. The van der Waals surface area contributed by atoms with Crippen LogP contribution in [-0.4, -0.2) is 9.55 Å². The van der Waals surface area contributed by atoms with Gasteiger partial charge in [-0.05, 0) is 36.5 Å². The van der Waals surface area contributed by atoms with Crippen molar-refractivity contribution in [3.05, 3.63) is 63.3 Å². The maximum atomic E-state index is 12.0. The Balaban J connectivity index is 2.23. The van der Waals surface area contributed by atoms with Crippen molar-refractivity contribution < 1.29 is 0 Å². The smallest absolute Gasteiger partial charge is 0.322 e. The van der Waals surface area contributed by atoms with Crippen LogP contribution in [0.2, 0.25) is 0 Å². The Labute approximate surface area is 132 Å². The Hall–Kier alpha value is -1.94. The van der Waals surface area contributed by atoms with Gasteiger partial charge in [0.2, 0.25) is 0 Å². The van der Waals surface area contributed by atoms with Gasteiger partial charge in [-0.1, -0.05) is 45.0 Å². The molecule has 0 aliphatic heterocycles. The zero-order valence-corrected chi connectivity index (χ0v) is 14.1. The Bertz CT molecular complexity index is 709. The fraction of sp³-hybridized carbons (Fsp3) is 0.444. The summed E-state index contributed by atoms with van der Waals surface area (Å²) in [6.45, 7) is 10.7. The molecule has 2 aromatic rings. The van der Waals surface area contributed by atoms with Crippen molar-refractivity contribution in [3.8, 4) is 0 Å². The van der Waals surface area contributed by atoms with Gasteiger partial charge in [-0.2, -0.15) is 4.98 Å². The molecular weight excluding hydrogens is 274 g/mol. The van der Waals surface area contributed by atoms with E-state index < -0.39 is 0 Å². The number of benzene rings is 1. The lowest BCUT2D eigenvalue weighted by Gasteiger charge is -2.21. The third-order valence-electron chi connectivity index (χ3n) is 3.93. The summed E-state index contributed by atoms with van der Waals surface area (Å²) < 4.78 is 1.63. The van der Waals surface area contributed by atoms with E-state index in [1.165, 1.54) is 5.56 Å². The van der Waals surface area contributed by atoms with E-state index in [2.05, 4.69) is 37.9 Å². The minimum atomic E-state index is -0.237. The molecule has 0 saturated carbocycles. The summed E-state index contributed by atoms with van der Waals surface area (Å²) in [5.41, 5.74) is 10.1. The van der Waals surface area contributed by atoms with Crippen molar-refractivity contribution in [1.82, 2.24) is 9.55 Å². The normalized spacial score (nSPS) is 13.2. The van der Waals surface area contributed by atoms with Gasteiger partial charge >= 0.3 is 5.69 Å². The number of nitrogens with two attached hydrogens (primary N) is 1. The molecule has 1 heterocycles. The van der Waals surface area contributed by atoms with Crippen LogP contribution in [0.3, 0.4) is 0 Å². The second-order valence-corrected chi connectivity index (χ2v) is 6.91. The molecule has 0 aliphatic rings. The second-order valence-electron chi connectivity index (χ2n) is 6.91. The fourth-order valence-electron chi connectivity index (χ4n) is 2.53. The molecule has 0 fully saturated rings. The molecule has 2 N–H and O–H groups in total. The van der Waals surface area contributed by atoms with E-state index in [0.29, 0.717) is 6.54 Å². The minimum absolute atomic E-state index is 0.122. The molecule has 4 nitrogen and oxygen atoms in total. The molecule has 0 aliphatic carbocycles. The Kier molecular flexibility index (Phi) is 4.52. The van der Waals surface area contributed by atoms with Gasteiger partial charge in [-0.3, -0.25) is 4.57 Å². The molecule has 1 atom stereocenters.